The first-order chi connectivity index (χ1) is 12.0. The molecule has 3 aromatic rings. The van der Waals surface area contributed by atoms with Crippen LogP contribution < -0.4 is 5.32 Å². The third-order valence-electron chi connectivity index (χ3n) is 4.11. The highest BCUT2D eigenvalue weighted by Gasteiger charge is 2.18. The lowest BCUT2D eigenvalue weighted by atomic mass is 10.2. The van der Waals surface area contributed by atoms with E-state index in [-0.39, 0.29) is 11.9 Å². The predicted octanol–water partition coefficient (Wildman–Crippen LogP) is 4.98. The van der Waals surface area contributed by atoms with Gasteiger partial charge in [0.25, 0.3) is 0 Å². The summed E-state index contributed by atoms with van der Waals surface area (Å²) < 4.78 is 2.09. The summed E-state index contributed by atoms with van der Waals surface area (Å²) in [4.78, 5) is 16.5. The summed E-state index contributed by atoms with van der Waals surface area (Å²) in [6.45, 7) is 4.32. The molecule has 0 aliphatic carbocycles. The van der Waals surface area contributed by atoms with E-state index in [2.05, 4.69) is 9.88 Å². The van der Waals surface area contributed by atoms with Crippen LogP contribution in [-0.4, -0.2) is 15.5 Å². The Balaban J connectivity index is 2.05. The maximum absolute atomic E-state index is 11.8. The fourth-order valence-corrected chi connectivity index (χ4v) is 3.29. The van der Waals surface area contributed by atoms with Gasteiger partial charge in [-0.1, -0.05) is 48.3 Å². The summed E-state index contributed by atoms with van der Waals surface area (Å²) in [5.41, 5.74) is 2.84. The lowest BCUT2D eigenvalue weighted by Gasteiger charge is -2.16. The van der Waals surface area contributed by atoms with E-state index in [0.717, 1.165) is 22.4 Å². The minimum absolute atomic E-state index is 0.00404. The topological polar surface area (TPSA) is 46.9 Å². The first kappa shape index (κ1) is 17.8. The van der Waals surface area contributed by atoms with Crippen LogP contribution in [0, 0.1) is 0 Å². The molecular weight excluding hydrogens is 357 g/mol. The van der Waals surface area contributed by atoms with Gasteiger partial charge in [0.2, 0.25) is 5.91 Å². The number of carbonyl (C=O) groups excluding carboxylic acids is 1. The smallest absolute Gasteiger partial charge is 0.220 e. The zero-order valence-electron chi connectivity index (χ0n) is 14.1. The van der Waals surface area contributed by atoms with Gasteiger partial charge in [0.1, 0.15) is 5.82 Å². The largest absolute Gasteiger partial charge is 0.346 e. The Morgan fingerprint density at radius 3 is 2.72 bits per heavy atom. The van der Waals surface area contributed by atoms with Gasteiger partial charge in [-0.05, 0) is 36.8 Å². The summed E-state index contributed by atoms with van der Waals surface area (Å²) in [5, 5.41) is 4.20. The molecule has 1 amide bonds. The van der Waals surface area contributed by atoms with Crippen molar-refractivity contribution in [2.45, 2.75) is 32.9 Å². The van der Waals surface area contributed by atoms with Crippen LogP contribution in [0.5, 0.6) is 0 Å². The van der Waals surface area contributed by atoms with E-state index in [9.17, 15) is 4.79 Å². The van der Waals surface area contributed by atoms with Crippen molar-refractivity contribution in [2.24, 2.45) is 0 Å². The highest BCUT2D eigenvalue weighted by molar-refractivity contribution is 6.35. The minimum Gasteiger partial charge on any atom is -0.346 e. The van der Waals surface area contributed by atoms with Crippen molar-refractivity contribution in [1.29, 1.82) is 0 Å². The maximum atomic E-state index is 11.8. The Kier molecular flexibility index (Phi) is 5.30. The standard InChI is InChI=1S/C19H19Cl2N3O/c1-3-18(25)22-12(2)19-23-16-6-4-5-7-17(16)24(19)11-13-8-9-14(20)10-15(13)21/h4-10,12H,3,11H2,1-2H3,(H,22,25). The molecule has 130 valence electrons. The molecule has 1 heterocycles. The van der Waals surface area contributed by atoms with Gasteiger partial charge in [0, 0.05) is 16.5 Å². The molecule has 0 bridgehead atoms. The first-order valence-corrected chi connectivity index (χ1v) is 8.93. The summed E-state index contributed by atoms with van der Waals surface area (Å²) in [7, 11) is 0. The number of halogens is 2. The molecule has 1 unspecified atom stereocenters. The van der Waals surface area contributed by atoms with Gasteiger partial charge in [-0.3, -0.25) is 4.79 Å². The summed E-state index contributed by atoms with van der Waals surface area (Å²) in [6.07, 6.45) is 0.438. The van der Waals surface area contributed by atoms with Crippen molar-refractivity contribution in [3.63, 3.8) is 0 Å². The Bertz CT molecular complexity index is 920. The highest BCUT2D eigenvalue weighted by Crippen LogP contribution is 2.26. The van der Waals surface area contributed by atoms with E-state index in [1.54, 1.807) is 6.07 Å². The van der Waals surface area contributed by atoms with Gasteiger partial charge < -0.3 is 9.88 Å². The number of hydrogen-bond donors (Lipinski definition) is 1. The molecule has 0 radical (unpaired) electrons. The van der Waals surface area contributed by atoms with E-state index < -0.39 is 0 Å². The van der Waals surface area contributed by atoms with Crippen molar-refractivity contribution in [3.8, 4) is 0 Å². The number of carbonyl (C=O) groups is 1. The fourth-order valence-electron chi connectivity index (χ4n) is 2.82. The average Bonchev–Trinajstić information content (AvgIpc) is 2.96. The number of amides is 1. The maximum Gasteiger partial charge on any atom is 0.220 e. The van der Waals surface area contributed by atoms with E-state index in [1.807, 2.05) is 50.2 Å². The summed E-state index contributed by atoms with van der Waals surface area (Å²) in [6, 6.07) is 13.2. The third-order valence-corrected chi connectivity index (χ3v) is 4.70. The van der Waals surface area contributed by atoms with Crippen LogP contribution in [0.1, 0.15) is 37.7 Å². The molecule has 4 nitrogen and oxygen atoms in total. The van der Waals surface area contributed by atoms with E-state index in [1.165, 1.54) is 0 Å². The van der Waals surface area contributed by atoms with Crippen LogP contribution in [0.3, 0.4) is 0 Å². The third kappa shape index (κ3) is 3.80. The molecule has 0 spiro atoms. The average molecular weight is 376 g/mol. The summed E-state index contributed by atoms with van der Waals surface area (Å²) in [5.74, 6) is 0.796. The van der Waals surface area contributed by atoms with Crippen LogP contribution in [0.2, 0.25) is 10.0 Å². The second-order valence-electron chi connectivity index (χ2n) is 5.92. The zero-order chi connectivity index (χ0) is 18.0. The SMILES string of the molecule is CCC(=O)NC(C)c1nc2ccccc2n1Cc1ccc(Cl)cc1Cl. The minimum atomic E-state index is -0.203. The number of aromatic nitrogens is 2. The van der Waals surface area contributed by atoms with Gasteiger partial charge in [-0.15, -0.1) is 0 Å². The molecule has 3 rings (SSSR count). The Hall–Kier alpha value is -2.04. The van der Waals surface area contributed by atoms with Gasteiger partial charge in [0.05, 0.1) is 23.6 Å². The molecule has 0 saturated carbocycles. The lowest BCUT2D eigenvalue weighted by Crippen LogP contribution is -2.28. The second-order valence-corrected chi connectivity index (χ2v) is 6.77. The van der Waals surface area contributed by atoms with Gasteiger partial charge >= 0.3 is 0 Å². The van der Waals surface area contributed by atoms with Crippen LogP contribution >= 0.6 is 23.2 Å². The van der Waals surface area contributed by atoms with E-state index in [0.29, 0.717) is 23.0 Å². The zero-order valence-corrected chi connectivity index (χ0v) is 15.6. The fraction of sp³-hybridized carbons (Fsp3) is 0.263. The predicted molar refractivity (Wildman–Crippen MR) is 102 cm³/mol. The molecule has 0 aliphatic rings. The van der Waals surface area contributed by atoms with Gasteiger partial charge in [-0.25, -0.2) is 4.98 Å². The number of imidazole rings is 1. The van der Waals surface area contributed by atoms with E-state index in [4.69, 9.17) is 28.2 Å². The van der Waals surface area contributed by atoms with Crippen LogP contribution in [0.25, 0.3) is 11.0 Å². The summed E-state index contributed by atoms with van der Waals surface area (Å²) >= 11 is 12.3. The molecular formula is C19H19Cl2N3O. The monoisotopic (exact) mass is 375 g/mol. The second kappa shape index (κ2) is 7.46. The quantitative estimate of drug-likeness (QED) is 0.683. The number of benzene rings is 2. The van der Waals surface area contributed by atoms with Crippen molar-refractivity contribution >= 4 is 40.1 Å². The molecule has 1 N–H and O–H groups in total. The molecule has 6 heteroatoms. The Labute approximate surface area is 156 Å². The molecule has 0 aliphatic heterocycles. The number of hydrogen-bond acceptors (Lipinski definition) is 2. The molecule has 25 heavy (non-hydrogen) atoms. The van der Waals surface area contributed by atoms with Crippen molar-refractivity contribution in [3.05, 3.63) is 63.9 Å². The molecule has 1 aromatic heterocycles. The molecule has 1 atom stereocenters. The molecule has 0 saturated heterocycles. The number of rotatable bonds is 5. The molecule has 0 fully saturated rings. The van der Waals surface area contributed by atoms with E-state index >= 15 is 0 Å². The van der Waals surface area contributed by atoms with Crippen LogP contribution in [0.4, 0.5) is 0 Å². The first-order valence-electron chi connectivity index (χ1n) is 8.18. The van der Waals surface area contributed by atoms with Crippen molar-refractivity contribution < 1.29 is 4.79 Å². The number of fused-ring (bicyclic) bond motifs is 1. The number of nitrogens with zero attached hydrogens (tertiary/aromatic N) is 2. The Morgan fingerprint density at radius 1 is 1.24 bits per heavy atom. The van der Waals surface area contributed by atoms with Crippen molar-refractivity contribution in [2.75, 3.05) is 0 Å². The van der Waals surface area contributed by atoms with Gasteiger partial charge in [-0.2, -0.15) is 0 Å². The van der Waals surface area contributed by atoms with Crippen LogP contribution in [0.15, 0.2) is 42.5 Å². The van der Waals surface area contributed by atoms with Crippen molar-refractivity contribution in [1.82, 2.24) is 14.9 Å². The number of nitrogens with one attached hydrogen (secondary N) is 1. The van der Waals surface area contributed by atoms with Crippen LogP contribution in [-0.2, 0) is 11.3 Å². The van der Waals surface area contributed by atoms with Gasteiger partial charge in [0.15, 0.2) is 0 Å². The number of para-hydroxylation sites is 2. The normalized spacial score (nSPS) is 12.3. The Morgan fingerprint density at radius 2 is 2.00 bits per heavy atom. The highest BCUT2D eigenvalue weighted by atomic mass is 35.5. The molecule has 2 aromatic carbocycles. The lowest BCUT2D eigenvalue weighted by molar-refractivity contribution is -0.121.